The predicted octanol–water partition coefficient (Wildman–Crippen LogP) is 1.75. The standard InChI is InChI=1S/C4H11P.Al.ClH/c1-3-5-4-2;;/h5H,3-4H2,1-2H3;;1H. The van der Waals surface area contributed by atoms with Crippen LogP contribution in [0.25, 0.3) is 0 Å². The number of halogens is 1. The molecule has 0 amide bonds. The van der Waals surface area contributed by atoms with Crippen LogP contribution in [-0.2, 0) is 0 Å². The summed E-state index contributed by atoms with van der Waals surface area (Å²) in [7, 11) is 1.20. The minimum Gasteiger partial charge on any atom is -0.147 e. The average Bonchev–Trinajstić information content (AvgIpc) is 1.41. The van der Waals surface area contributed by atoms with Gasteiger partial charge in [-0.25, -0.2) is 0 Å². The van der Waals surface area contributed by atoms with E-state index in [1.807, 2.05) is 0 Å². The summed E-state index contributed by atoms with van der Waals surface area (Å²) in [6, 6.07) is 0. The highest BCUT2D eigenvalue weighted by atomic mass is 35.5. The molecule has 0 saturated heterocycles. The SMILES string of the molecule is CCPCC.Cl.[Al]. The Kier molecular flexibility index (Phi) is 35.2. The molecule has 0 aliphatic heterocycles. The first-order valence-electron chi connectivity index (χ1n) is 2.12. The van der Waals surface area contributed by atoms with Crippen molar-refractivity contribution < 1.29 is 0 Å². The third kappa shape index (κ3) is 18.9. The summed E-state index contributed by atoms with van der Waals surface area (Å²) in [6.07, 6.45) is 2.74. The second-order valence-electron chi connectivity index (χ2n) is 0.957. The zero-order valence-corrected chi connectivity index (χ0v) is 7.87. The van der Waals surface area contributed by atoms with Gasteiger partial charge in [0.05, 0.1) is 0 Å². The predicted molar refractivity (Wildman–Crippen MR) is 42.4 cm³/mol. The lowest BCUT2D eigenvalue weighted by atomic mass is 11.0. The lowest BCUT2D eigenvalue weighted by Gasteiger charge is -1.80. The van der Waals surface area contributed by atoms with E-state index in [1.165, 1.54) is 20.9 Å². The number of hydrogen-bond acceptors (Lipinski definition) is 0. The molecule has 0 aliphatic rings. The molecule has 0 aromatic carbocycles. The van der Waals surface area contributed by atoms with E-state index in [9.17, 15) is 0 Å². The molecule has 3 heteroatoms. The van der Waals surface area contributed by atoms with Gasteiger partial charge in [0.2, 0.25) is 0 Å². The molecule has 0 spiro atoms. The quantitative estimate of drug-likeness (QED) is 0.419. The van der Waals surface area contributed by atoms with Gasteiger partial charge in [0.1, 0.15) is 0 Å². The molecule has 0 atom stereocenters. The van der Waals surface area contributed by atoms with Crippen LogP contribution in [0.3, 0.4) is 0 Å². The Morgan fingerprint density at radius 3 is 1.43 bits per heavy atom. The van der Waals surface area contributed by atoms with Gasteiger partial charge in [-0.2, -0.15) is 0 Å². The maximum absolute atomic E-state index is 2.22. The summed E-state index contributed by atoms with van der Waals surface area (Å²) in [4.78, 5) is 0. The fourth-order valence-corrected chi connectivity index (χ4v) is 0.750. The molecule has 0 fully saturated rings. The van der Waals surface area contributed by atoms with E-state index in [-0.39, 0.29) is 29.8 Å². The van der Waals surface area contributed by atoms with Crippen molar-refractivity contribution in [1.82, 2.24) is 0 Å². The monoisotopic (exact) mass is 153 g/mol. The molecule has 3 radical (unpaired) electrons. The zero-order chi connectivity index (χ0) is 4.12. The fraction of sp³-hybridized carbons (Fsp3) is 1.00. The highest BCUT2D eigenvalue weighted by molar-refractivity contribution is 7.37. The van der Waals surface area contributed by atoms with Crippen LogP contribution in [-0.4, -0.2) is 29.7 Å². The first kappa shape index (κ1) is 15.7. The van der Waals surface area contributed by atoms with E-state index in [1.54, 1.807) is 0 Å². The van der Waals surface area contributed by atoms with Crippen LogP contribution in [0.15, 0.2) is 0 Å². The summed E-state index contributed by atoms with van der Waals surface area (Å²) < 4.78 is 0. The highest BCUT2D eigenvalue weighted by Crippen LogP contribution is 2.03. The minimum absolute atomic E-state index is 0. The molecule has 0 bridgehead atoms. The molecule has 0 aromatic rings. The second kappa shape index (κ2) is 15.7. The summed E-state index contributed by atoms with van der Waals surface area (Å²) in [5, 5.41) is 0. The largest absolute Gasteiger partial charge is 0.147 e. The van der Waals surface area contributed by atoms with Gasteiger partial charge in [-0.05, 0) is 12.3 Å². The van der Waals surface area contributed by atoms with Gasteiger partial charge >= 0.3 is 0 Å². The molecule has 0 nitrogen and oxygen atoms in total. The number of rotatable bonds is 2. The van der Waals surface area contributed by atoms with Crippen molar-refractivity contribution in [3.63, 3.8) is 0 Å². The van der Waals surface area contributed by atoms with E-state index < -0.39 is 0 Å². The minimum atomic E-state index is 0. The molecule has 7 heavy (non-hydrogen) atoms. The Morgan fingerprint density at radius 2 is 1.43 bits per heavy atom. The Bertz CT molecular complexity index is 19.2. The lowest BCUT2D eigenvalue weighted by molar-refractivity contribution is 1.44. The summed E-state index contributed by atoms with van der Waals surface area (Å²) >= 11 is 0. The third-order valence-corrected chi connectivity index (χ3v) is 1.50. The van der Waals surface area contributed by atoms with Gasteiger partial charge in [0.25, 0.3) is 0 Å². The molecule has 0 unspecified atom stereocenters. The van der Waals surface area contributed by atoms with Crippen molar-refractivity contribution >= 4 is 38.3 Å². The van der Waals surface area contributed by atoms with Crippen molar-refractivity contribution in [1.29, 1.82) is 0 Å². The molecule has 0 saturated carbocycles. The Balaban J connectivity index is -0.0000000800. The Labute approximate surface area is 64.8 Å². The van der Waals surface area contributed by atoms with Crippen LogP contribution in [0, 0.1) is 0 Å². The highest BCUT2D eigenvalue weighted by Gasteiger charge is 1.66. The van der Waals surface area contributed by atoms with Gasteiger partial charge in [-0.15, -0.1) is 21.0 Å². The summed E-state index contributed by atoms with van der Waals surface area (Å²) in [5.41, 5.74) is 0. The van der Waals surface area contributed by atoms with E-state index in [4.69, 9.17) is 0 Å². The van der Waals surface area contributed by atoms with Crippen molar-refractivity contribution in [3.05, 3.63) is 0 Å². The van der Waals surface area contributed by atoms with Gasteiger partial charge in [-0.3, -0.25) is 0 Å². The van der Waals surface area contributed by atoms with E-state index in [0.717, 1.165) is 0 Å². The third-order valence-electron chi connectivity index (χ3n) is 0.500. The molecule has 0 rings (SSSR count). The van der Waals surface area contributed by atoms with Gasteiger partial charge in [-0.1, -0.05) is 13.8 Å². The lowest BCUT2D eigenvalue weighted by Crippen LogP contribution is -1.59. The van der Waals surface area contributed by atoms with Crippen molar-refractivity contribution in [2.24, 2.45) is 0 Å². The normalized spacial score (nSPS) is 6.00. The van der Waals surface area contributed by atoms with Crippen LogP contribution in [0.4, 0.5) is 0 Å². The molecule has 0 aromatic heterocycles. The van der Waals surface area contributed by atoms with Gasteiger partial charge < -0.3 is 0 Å². The van der Waals surface area contributed by atoms with Gasteiger partial charge in [0.15, 0.2) is 0 Å². The summed E-state index contributed by atoms with van der Waals surface area (Å²) in [6.45, 7) is 4.45. The van der Waals surface area contributed by atoms with E-state index in [0.29, 0.717) is 0 Å². The molecule has 43 valence electrons. The molecule has 0 N–H and O–H groups in total. The first-order valence-corrected chi connectivity index (χ1v) is 3.54. The van der Waals surface area contributed by atoms with Crippen LogP contribution >= 0.6 is 21.0 Å². The average molecular weight is 154 g/mol. The van der Waals surface area contributed by atoms with Crippen molar-refractivity contribution in [2.75, 3.05) is 12.3 Å². The number of hydrogen-bond donors (Lipinski definition) is 0. The molecule has 0 heterocycles. The maximum Gasteiger partial charge on any atom is 0 e. The fourth-order valence-electron chi connectivity index (χ4n) is 0.250. The van der Waals surface area contributed by atoms with Crippen molar-refractivity contribution in [2.45, 2.75) is 13.8 Å². The first-order chi connectivity index (χ1) is 2.41. The Hall–Kier alpha value is 1.25. The topological polar surface area (TPSA) is 0 Å². The summed E-state index contributed by atoms with van der Waals surface area (Å²) in [5.74, 6) is 0. The van der Waals surface area contributed by atoms with Gasteiger partial charge in [0, 0.05) is 17.4 Å². The van der Waals surface area contributed by atoms with E-state index in [2.05, 4.69) is 13.8 Å². The zero-order valence-electron chi connectivity index (χ0n) is 4.90. The maximum atomic E-state index is 2.22. The van der Waals surface area contributed by atoms with Crippen LogP contribution in [0.2, 0.25) is 0 Å². The molecular weight excluding hydrogens is 141 g/mol. The van der Waals surface area contributed by atoms with Crippen LogP contribution in [0.1, 0.15) is 13.8 Å². The molecule has 0 aliphatic carbocycles. The van der Waals surface area contributed by atoms with Crippen LogP contribution in [0.5, 0.6) is 0 Å². The van der Waals surface area contributed by atoms with Crippen molar-refractivity contribution in [3.8, 4) is 0 Å². The second-order valence-corrected chi connectivity index (χ2v) is 2.87. The van der Waals surface area contributed by atoms with E-state index >= 15 is 0 Å². The van der Waals surface area contributed by atoms with Crippen LogP contribution < -0.4 is 0 Å². The molecular formula is C4H12AlClP. The Morgan fingerprint density at radius 1 is 1.14 bits per heavy atom. The smallest absolute Gasteiger partial charge is 0 e.